The number of phenolic OH excluding ortho intramolecular Hbond substituents is 1. The molecule has 0 saturated carbocycles. The van der Waals surface area contributed by atoms with Crippen molar-refractivity contribution in [3.63, 3.8) is 0 Å². The Morgan fingerprint density at radius 2 is 1.41 bits per heavy atom. The van der Waals surface area contributed by atoms with E-state index in [4.69, 9.17) is 21.1 Å². The molecule has 34 heavy (non-hydrogen) atoms. The topological polar surface area (TPSA) is 228 Å². The first-order chi connectivity index (χ1) is 16.0. The van der Waals surface area contributed by atoms with Crippen LogP contribution in [-0.2, 0) is 30.4 Å². The molecule has 1 aromatic carbocycles. The third-order valence-electron chi connectivity index (χ3n) is 4.62. The van der Waals surface area contributed by atoms with Crippen molar-refractivity contribution in [2.24, 2.45) is 5.73 Å². The summed E-state index contributed by atoms with van der Waals surface area (Å²) in [7, 11) is 0. The molecule has 9 N–H and O–H groups in total. The zero-order valence-electron chi connectivity index (χ0n) is 18.0. The van der Waals surface area contributed by atoms with Crippen LogP contribution in [0.3, 0.4) is 0 Å². The number of benzene rings is 1. The number of carboxylic acid groups (broad SMARTS) is 2. The lowest BCUT2D eigenvalue weighted by atomic mass is 10.0. The monoisotopic (exact) mass is 500 g/mol. The average molecular weight is 501 g/mol. The second kappa shape index (κ2) is 14.0. The van der Waals surface area contributed by atoms with E-state index in [2.05, 4.69) is 28.6 Å². The minimum absolute atomic E-state index is 0.0290. The largest absolute Gasteiger partial charge is 0.508 e. The number of amides is 3. The molecule has 0 aliphatic carbocycles. The zero-order chi connectivity index (χ0) is 25.8. The first kappa shape index (κ1) is 28.7. The predicted octanol–water partition coefficient (Wildman–Crippen LogP) is -2.41. The Morgan fingerprint density at radius 3 is 1.91 bits per heavy atom. The second-order valence-corrected chi connectivity index (χ2v) is 7.66. The maximum Gasteiger partial charge on any atom is 0.327 e. The van der Waals surface area contributed by atoms with E-state index in [9.17, 15) is 29.1 Å². The van der Waals surface area contributed by atoms with Gasteiger partial charge in [0.2, 0.25) is 17.7 Å². The van der Waals surface area contributed by atoms with E-state index in [1.54, 1.807) is 0 Å². The number of hydrogen-bond acceptors (Lipinski definition) is 9. The van der Waals surface area contributed by atoms with Gasteiger partial charge in [0.05, 0.1) is 6.61 Å². The van der Waals surface area contributed by atoms with E-state index >= 15 is 0 Å². The quantitative estimate of drug-likeness (QED) is 0.123. The van der Waals surface area contributed by atoms with Crippen molar-refractivity contribution < 1.29 is 44.4 Å². The lowest BCUT2D eigenvalue weighted by molar-refractivity contribution is -0.142. The van der Waals surface area contributed by atoms with Crippen LogP contribution in [0.5, 0.6) is 5.75 Å². The normalized spacial score (nSPS) is 14.2. The van der Waals surface area contributed by atoms with Gasteiger partial charge in [-0.25, -0.2) is 4.79 Å². The highest BCUT2D eigenvalue weighted by Crippen LogP contribution is 2.12. The van der Waals surface area contributed by atoms with Crippen molar-refractivity contribution in [2.75, 3.05) is 12.4 Å². The van der Waals surface area contributed by atoms with Gasteiger partial charge in [0.15, 0.2) is 0 Å². The van der Waals surface area contributed by atoms with Gasteiger partial charge < -0.3 is 42.1 Å². The Hall–Kier alpha value is -3.36. The summed E-state index contributed by atoms with van der Waals surface area (Å²) in [4.78, 5) is 59.9. The van der Waals surface area contributed by atoms with E-state index < -0.39 is 66.9 Å². The van der Waals surface area contributed by atoms with Crippen LogP contribution >= 0.6 is 12.6 Å². The maximum absolute atomic E-state index is 13.0. The number of thiol groups is 1. The third kappa shape index (κ3) is 9.64. The number of aromatic hydroxyl groups is 1. The molecule has 0 heterocycles. The molecule has 1 rings (SSSR count). The summed E-state index contributed by atoms with van der Waals surface area (Å²) in [5, 5.41) is 43.5. The number of nitrogens with two attached hydrogens (primary N) is 1. The summed E-state index contributed by atoms with van der Waals surface area (Å²) in [6.45, 7) is -0.691. The van der Waals surface area contributed by atoms with Crippen molar-refractivity contribution >= 4 is 42.3 Å². The van der Waals surface area contributed by atoms with Crippen LogP contribution in [0.2, 0.25) is 0 Å². The first-order valence-electron chi connectivity index (χ1n) is 10.1. The molecule has 0 saturated heterocycles. The Bertz CT molecular complexity index is 881. The smallest absolute Gasteiger partial charge is 0.327 e. The molecular weight excluding hydrogens is 472 g/mol. The molecule has 0 spiro atoms. The zero-order valence-corrected chi connectivity index (χ0v) is 18.9. The molecule has 0 fully saturated rings. The molecule has 0 radical (unpaired) electrons. The second-order valence-electron chi connectivity index (χ2n) is 7.30. The van der Waals surface area contributed by atoms with Crippen LogP contribution in [-0.4, -0.2) is 86.6 Å². The Labute approximate surface area is 200 Å². The molecule has 13 nitrogen and oxygen atoms in total. The fourth-order valence-corrected chi connectivity index (χ4v) is 2.95. The number of carboxylic acids is 2. The SMILES string of the molecule is NC(CO)C(=O)NC(Cc1ccc(O)cc1)C(=O)NC(CCC(=O)O)C(=O)NC(CS)C(=O)O. The van der Waals surface area contributed by atoms with Gasteiger partial charge in [-0.2, -0.15) is 12.6 Å². The van der Waals surface area contributed by atoms with Crippen molar-refractivity contribution in [1.82, 2.24) is 16.0 Å². The van der Waals surface area contributed by atoms with Gasteiger partial charge in [0.25, 0.3) is 0 Å². The van der Waals surface area contributed by atoms with E-state index in [0.29, 0.717) is 5.56 Å². The minimum atomic E-state index is -1.43. The number of rotatable bonds is 14. The number of aliphatic hydroxyl groups excluding tert-OH is 1. The van der Waals surface area contributed by atoms with Gasteiger partial charge in [-0.3, -0.25) is 19.2 Å². The van der Waals surface area contributed by atoms with Gasteiger partial charge in [0, 0.05) is 18.6 Å². The van der Waals surface area contributed by atoms with Crippen molar-refractivity contribution in [3.05, 3.63) is 29.8 Å². The van der Waals surface area contributed by atoms with Crippen molar-refractivity contribution in [1.29, 1.82) is 0 Å². The average Bonchev–Trinajstić information content (AvgIpc) is 2.79. The van der Waals surface area contributed by atoms with Crippen LogP contribution in [0.4, 0.5) is 0 Å². The summed E-state index contributed by atoms with van der Waals surface area (Å²) in [5.74, 6) is -5.58. The molecular formula is C20H28N4O9S. The number of carbonyl (C=O) groups excluding carboxylic acids is 3. The van der Waals surface area contributed by atoms with Gasteiger partial charge in [0.1, 0.15) is 29.9 Å². The van der Waals surface area contributed by atoms with Crippen molar-refractivity contribution in [3.8, 4) is 5.75 Å². The molecule has 4 unspecified atom stereocenters. The van der Waals surface area contributed by atoms with Crippen LogP contribution < -0.4 is 21.7 Å². The fraction of sp³-hybridized carbons (Fsp3) is 0.450. The van der Waals surface area contributed by atoms with Crippen LogP contribution in [0.25, 0.3) is 0 Å². The fourth-order valence-electron chi connectivity index (χ4n) is 2.71. The number of nitrogens with one attached hydrogen (secondary N) is 3. The van der Waals surface area contributed by atoms with E-state index in [1.807, 2.05) is 0 Å². The van der Waals surface area contributed by atoms with Gasteiger partial charge in [-0.05, 0) is 24.1 Å². The first-order valence-corrected chi connectivity index (χ1v) is 10.7. The lowest BCUT2D eigenvalue weighted by Gasteiger charge is -2.24. The third-order valence-corrected chi connectivity index (χ3v) is 4.98. The van der Waals surface area contributed by atoms with E-state index in [-0.39, 0.29) is 24.3 Å². The molecule has 4 atom stereocenters. The molecule has 0 aromatic heterocycles. The molecule has 1 aromatic rings. The number of phenols is 1. The van der Waals surface area contributed by atoms with Gasteiger partial charge in [-0.1, -0.05) is 12.1 Å². The van der Waals surface area contributed by atoms with Crippen LogP contribution in [0, 0.1) is 0 Å². The minimum Gasteiger partial charge on any atom is -0.508 e. The molecule has 0 aliphatic heterocycles. The number of hydrogen-bond donors (Lipinski definition) is 9. The molecule has 0 aliphatic rings. The maximum atomic E-state index is 13.0. The molecule has 188 valence electrons. The highest BCUT2D eigenvalue weighted by molar-refractivity contribution is 7.80. The van der Waals surface area contributed by atoms with Crippen molar-refractivity contribution in [2.45, 2.75) is 43.4 Å². The molecule has 0 bridgehead atoms. The van der Waals surface area contributed by atoms with E-state index in [1.165, 1.54) is 24.3 Å². The lowest BCUT2D eigenvalue weighted by Crippen LogP contribution is -2.58. The summed E-state index contributed by atoms with van der Waals surface area (Å²) in [6, 6.07) is 0.268. The summed E-state index contributed by atoms with van der Waals surface area (Å²) in [6.07, 6.45) is -0.971. The van der Waals surface area contributed by atoms with Gasteiger partial charge >= 0.3 is 11.9 Å². The Balaban J connectivity index is 3.10. The van der Waals surface area contributed by atoms with Crippen LogP contribution in [0.15, 0.2) is 24.3 Å². The van der Waals surface area contributed by atoms with Gasteiger partial charge in [-0.15, -0.1) is 0 Å². The standard InChI is InChI=1S/C20H28N4O9S/c21-12(8-25)17(29)23-14(7-10-1-3-11(26)4-2-10)19(31)22-13(5-6-16(27)28)18(30)24-15(9-34)20(32)33/h1-4,12-15,25-26,34H,5-9,21H2,(H,22,31)(H,23,29)(H,24,30)(H,27,28)(H,32,33). The summed E-state index contributed by atoms with van der Waals surface area (Å²) >= 11 is 3.84. The summed E-state index contributed by atoms with van der Waals surface area (Å²) in [5.41, 5.74) is 6.01. The predicted molar refractivity (Wildman–Crippen MR) is 121 cm³/mol. The number of carbonyl (C=O) groups is 5. The molecule has 3 amide bonds. The molecule has 14 heteroatoms. The van der Waals surface area contributed by atoms with E-state index in [0.717, 1.165) is 0 Å². The number of aliphatic hydroxyl groups is 1. The number of aliphatic carboxylic acids is 2. The summed E-state index contributed by atoms with van der Waals surface area (Å²) < 4.78 is 0. The highest BCUT2D eigenvalue weighted by Gasteiger charge is 2.30. The Kier molecular flexibility index (Phi) is 11.8. The highest BCUT2D eigenvalue weighted by atomic mass is 32.1. The van der Waals surface area contributed by atoms with Crippen LogP contribution in [0.1, 0.15) is 18.4 Å². The Morgan fingerprint density at radius 1 is 0.882 bits per heavy atom.